The number of para-hydroxylation sites is 1. The summed E-state index contributed by atoms with van der Waals surface area (Å²) in [5.74, 6) is 0.352. The van der Waals surface area contributed by atoms with Gasteiger partial charge < -0.3 is 9.64 Å². The molecule has 5 nitrogen and oxygen atoms in total. The summed E-state index contributed by atoms with van der Waals surface area (Å²) < 4.78 is 20.7. The molecule has 0 amide bonds. The monoisotopic (exact) mass is 416 g/mol. The van der Waals surface area contributed by atoms with Gasteiger partial charge in [-0.05, 0) is 43.7 Å². The summed E-state index contributed by atoms with van der Waals surface area (Å²) in [6.45, 7) is 7.78. The Balaban J connectivity index is 1.91. The van der Waals surface area contributed by atoms with Gasteiger partial charge in [-0.15, -0.1) is 0 Å². The Kier molecular flexibility index (Phi) is 7.28. The summed E-state index contributed by atoms with van der Waals surface area (Å²) in [7, 11) is 1.45. The number of hydrogen-bond acceptors (Lipinski definition) is 4. The van der Waals surface area contributed by atoms with E-state index >= 15 is 0 Å². The molecule has 0 aliphatic carbocycles. The molecule has 0 radical (unpaired) electrons. The summed E-state index contributed by atoms with van der Waals surface area (Å²) >= 11 is 1.45. The van der Waals surface area contributed by atoms with Gasteiger partial charge in [0.1, 0.15) is 0 Å². The summed E-state index contributed by atoms with van der Waals surface area (Å²) in [5.41, 5.74) is 1.48. The SMILES string of the molecule is CC[NH+](CC)CCn1c(SCc2ccc(OC)c(F)c2)nc2ccccc2c1=O. The first-order valence-corrected chi connectivity index (χ1v) is 10.8. The minimum absolute atomic E-state index is 0.0226. The van der Waals surface area contributed by atoms with Gasteiger partial charge >= 0.3 is 0 Å². The van der Waals surface area contributed by atoms with E-state index in [9.17, 15) is 9.18 Å². The van der Waals surface area contributed by atoms with Crippen LogP contribution in [0.15, 0.2) is 52.4 Å². The van der Waals surface area contributed by atoms with Gasteiger partial charge in [-0.2, -0.15) is 0 Å². The number of nitrogens with one attached hydrogen (secondary N) is 1. The van der Waals surface area contributed by atoms with Gasteiger partial charge in [0.2, 0.25) is 0 Å². The molecule has 0 aliphatic rings. The second kappa shape index (κ2) is 9.89. The van der Waals surface area contributed by atoms with Crippen LogP contribution in [0.5, 0.6) is 5.75 Å². The van der Waals surface area contributed by atoms with Crippen molar-refractivity contribution in [2.24, 2.45) is 0 Å². The van der Waals surface area contributed by atoms with Gasteiger partial charge in [0.15, 0.2) is 16.7 Å². The van der Waals surface area contributed by atoms with E-state index in [1.54, 1.807) is 10.6 Å². The molecule has 1 aromatic heterocycles. The molecule has 3 aromatic rings. The smallest absolute Gasteiger partial charge is 0.262 e. The molecule has 0 unspecified atom stereocenters. The van der Waals surface area contributed by atoms with E-state index in [2.05, 4.69) is 13.8 Å². The molecule has 0 spiro atoms. The number of fused-ring (bicyclic) bond motifs is 1. The minimum Gasteiger partial charge on any atom is -0.494 e. The molecule has 7 heteroatoms. The summed E-state index contributed by atoms with van der Waals surface area (Å²) in [6, 6.07) is 12.3. The van der Waals surface area contributed by atoms with Crippen molar-refractivity contribution >= 4 is 22.7 Å². The van der Waals surface area contributed by atoms with Crippen molar-refractivity contribution in [3.05, 3.63) is 64.2 Å². The second-order valence-corrected chi connectivity index (χ2v) is 7.78. The van der Waals surface area contributed by atoms with Gasteiger partial charge in [-0.25, -0.2) is 9.37 Å². The number of thioether (sulfide) groups is 1. The zero-order valence-electron chi connectivity index (χ0n) is 17.1. The first kappa shape index (κ1) is 21.3. The summed E-state index contributed by atoms with van der Waals surface area (Å²) in [5, 5.41) is 1.29. The number of halogens is 1. The Morgan fingerprint density at radius 1 is 1.17 bits per heavy atom. The zero-order chi connectivity index (χ0) is 20.8. The molecule has 0 bridgehead atoms. The van der Waals surface area contributed by atoms with E-state index in [4.69, 9.17) is 9.72 Å². The zero-order valence-corrected chi connectivity index (χ0v) is 17.9. The average molecular weight is 417 g/mol. The number of aromatic nitrogens is 2. The first-order chi connectivity index (χ1) is 14.1. The van der Waals surface area contributed by atoms with E-state index in [1.807, 2.05) is 30.3 Å². The maximum atomic E-state index is 14.0. The molecule has 2 aromatic carbocycles. The van der Waals surface area contributed by atoms with E-state index in [0.29, 0.717) is 28.4 Å². The van der Waals surface area contributed by atoms with Crippen LogP contribution < -0.4 is 15.2 Å². The second-order valence-electron chi connectivity index (χ2n) is 6.83. The summed E-state index contributed by atoms with van der Waals surface area (Å²) in [4.78, 5) is 19.3. The third kappa shape index (κ3) is 4.97. The standard InChI is InChI=1S/C22H26FN3O2S/c1-4-25(5-2)12-13-26-21(27)17-8-6-7-9-19(17)24-22(26)29-15-16-10-11-20(28-3)18(23)14-16/h6-11,14H,4-5,12-13,15H2,1-3H3/p+1. The molecule has 0 saturated carbocycles. The Morgan fingerprint density at radius 2 is 1.93 bits per heavy atom. The normalized spacial score (nSPS) is 11.3. The Labute approximate surface area is 174 Å². The van der Waals surface area contributed by atoms with Crippen LogP contribution >= 0.6 is 11.8 Å². The maximum Gasteiger partial charge on any atom is 0.262 e. The number of ether oxygens (including phenoxy) is 1. The fraction of sp³-hybridized carbons (Fsp3) is 0.364. The first-order valence-electron chi connectivity index (χ1n) is 9.85. The van der Waals surface area contributed by atoms with Crippen molar-refractivity contribution < 1.29 is 14.0 Å². The molecule has 0 aliphatic heterocycles. The topological polar surface area (TPSA) is 48.6 Å². The van der Waals surface area contributed by atoms with Crippen LogP contribution in [0.25, 0.3) is 10.9 Å². The van der Waals surface area contributed by atoms with Crippen LogP contribution in [-0.4, -0.2) is 36.3 Å². The average Bonchev–Trinajstić information content (AvgIpc) is 2.74. The van der Waals surface area contributed by atoms with Crippen LogP contribution in [0.2, 0.25) is 0 Å². The van der Waals surface area contributed by atoms with Gasteiger partial charge in [-0.3, -0.25) is 9.36 Å². The lowest BCUT2D eigenvalue weighted by molar-refractivity contribution is -0.897. The Bertz CT molecular complexity index is 1030. The van der Waals surface area contributed by atoms with Crippen LogP contribution in [0.4, 0.5) is 4.39 Å². The van der Waals surface area contributed by atoms with Gasteiger partial charge in [0.25, 0.3) is 5.56 Å². The van der Waals surface area contributed by atoms with Crippen LogP contribution in [0.1, 0.15) is 19.4 Å². The maximum absolute atomic E-state index is 14.0. The van der Waals surface area contributed by atoms with E-state index in [-0.39, 0.29) is 17.1 Å². The number of benzene rings is 2. The van der Waals surface area contributed by atoms with E-state index in [0.717, 1.165) is 25.2 Å². The number of methoxy groups -OCH3 is 1. The fourth-order valence-electron chi connectivity index (χ4n) is 3.28. The van der Waals surface area contributed by atoms with Crippen molar-refractivity contribution in [2.45, 2.75) is 31.3 Å². The molecular weight excluding hydrogens is 389 g/mol. The van der Waals surface area contributed by atoms with Crippen molar-refractivity contribution in [3.63, 3.8) is 0 Å². The molecule has 154 valence electrons. The van der Waals surface area contributed by atoms with Gasteiger partial charge in [-0.1, -0.05) is 30.0 Å². The number of rotatable bonds is 9. The third-order valence-electron chi connectivity index (χ3n) is 5.10. The predicted molar refractivity (Wildman–Crippen MR) is 115 cm³/mol. The lowest BCUT2D eigenvalue weighted by Crippen LogP contribution is -3.11. The minimum atomic E-state index is -0.389. The highest BCUT2D eigenvalue weighted by Gasteiger charge is 2.14. The molecule has 0 atom stereocenters. The van der Waals surface area contributed by atoms with Crippen LogP contribution in [-0.2, 0) is 12.3 Å². The lowest BCUT2D eigenvalue weighted by Gasteiger charge is -2.18. The number of nitrogens with zero attached hydrogens (tertiary/aromatic N) is 2. The molecule has 1 N–H and O–H groups in total. The fourth-order valence-corrected chi connectivity index (χ4v) is 4.24. The molecule has 1 heterocycles. The molecule has 0 saturated heterocycles. The number of hydrogen-bond donors (Lipinski definition) is 1. The van der Waals surface area contributed by atoms with Crippen molar-refractivity contribution in [2.75, 3.05) is 26.7 Å². The highest BCUT2D eigenvalue weighted by Crippen LogP contribution is 2.25. The molecule has 3 rings (SSSR count). The van der Waals surface area contributed by atoms with Crippen LogP contribution in [0.3, 0.4) is 0 Å². The largest absolute Gasteiger partial charge is 0.494 e. The van der Waals surface area contributed by atoms with Gasteiger partial charge in [0.05, 0.1) is 44.2 Å². The third-order valence-corrected chi connectivity index (χ3v) is 6.15. The highest BCUT2D eigenvalue weighted by atomic mass is 32.2. The number of quaternary nitrogens is 1. The van der Waals surface area contributed by atoms with Crippen molar-refractivity contribution in [1.82, 2.24) is 9.55 Å². The van der Waals surface area contributed by atoms with Crippen LogP contribution in [0, 0.1) is 5.82 Å². The van der Waals surface area contributed by atoms with E-state index in [1.165, 1.54) is 29.8 Å². The highest BCUT2D eigenvalue weighted by molar-refractivity contribution is 7.98. The molecular formula is C22H27FN3O2S+. The van der Waals surface area contributed by atoms with E-state index < -0.39 is 0 Å². The Hall–Kier alpha value is -2.38. The van der Waals surface area contributed by atoms with Crippen molar-refractivity contribution in [3.8, 4) is 5.75 Å². The predicted octanol–water partition coefficient (Wildman–Crippen LogP) is 2.76. The quantitative estimate of drug-likeness (QED) is 0.431. The van der Waals surface area contributed by atoms with Crippen molar-refractivity contribution in [1.29, 1.82) is 0 Å². The summed E-state index contributed by atoms with van der Waals surface area (Å²) in [6.07, 6.45) is 0. The van der Waals surface area contributed by atoms with Gasteiger partial charge in [0, 0.05) is 5.75 Å². The Morgan fingerprint density at radius 3 is 2.62 bits per heavy atom. The molecule has 0 fully saturated rings. The number of likely N-dealkylation sites (N-methyl/N-ethyl adjacent to an activating group) is 1. The lowest BCUT2D eigenvalue weighted by atomic mass is 10.2. The molecule has 29 heavy (non-hydrogen) atoms.